The molecule has 37 heavy (non-hydrogen) atoms. The van der Waals surface area contributed by atoms with E-state index in [0.717, 1.165) is 27.3 Å². The van der Waals surface area contributed by atoms with Crippen molar-refractivity contribution in [3.05, 3.63) is 107 Å². The molecule has 0 aliphatic rings. The van der Waals surface area contributed by atoms with Crippen molar-refractivity contribution in [1.82, 2.24) is 14.5 Å². The van der Waals surface area contributed by atoms with Gasteiger partial charge in [0.15, 0.2) is 0 Å². The van der Waals surface area contributed by atoms with Crippen molar-refractivity contribution >= 4 is 33.4 Å². The summed E-state index contributed by atoms with van der Waals surface area (Å²) >= 11 is 6.04. The number of carbonyl (C=O) groups is 2. The molecule has 0 heterocycles. The van der Waals surface area contributed by atoms with Crippen molar-refractivity contribution in [3.8, 4) is 0 Å². The number of sulfonamides is 1. The zero-order chi connectivity index (χ0) is 26.8. The maximum absolute atomic E-state index is 13.6. The molecule has 0 saturated carbocycles. The van der Waals surface area contributed by atoms with Crippen LogP contribution in [0.1, 0.15) is 16.7 Å². The molecule has 0 aromatic heterocycles. The first kappa shape index (κ1) is 28.4. The maximum Gasteiger partial charge on any atom is 0.243 e. The highest BCUT2D eigenvalue weighted by Gasteiger charge is 2.31. The van der Waals surface area contributed by atoms with E-state index >= 15 is 0 Å². The molecule has 196 valence electrons. The molecule has 0 radical (unpaired) electrons. The zero-order valence-corrected chi connectivity index (χ0v) is 22.6. The molecule has 0 unspecified atom stereocenters. The number of amides is 2. The van der Waals surface area contributed by atoms with Gasteiger partial charge in [0.2, 0.25) is 21.8 Å². The summed E-state index contributed by atoms with van der Waals surface area (Å²) in [6.45, 7) is 0.145. The van der Waals surface area contributed by atoms with Crippen LogP contribution in [0.3, 0.4) is 0 Å². The SMILES string of the molecule is CN(CC(=O)N(Cc1ccc(Cl)cc1)[C@@H](Cc1ccccc1)C(=O)NCCc1ccccc1)S(C)(=O)=O. The third kappa shape index (κ3) is 9.00. The Labute approximate surface area is 224 Å². The van der Waals surface area contributed by atoms with Gasteiger partial charge in [-0.25, -0.2) is 8.42 Å². The van der Waals surface area contributed by atoms with Gasteiger partial charge in [-0.3, -0.25) is 9.59 Å². The number of hydrogen-bond donors (Lipinski definition) is 1. The summed E-state index contributed by atoms with van der Waals surface area (Å²) in [4.78, 5) is 28.5. The Morgan fingerprint density at radius 2 is 1.43 bits per heavy atom. The molecule has 0 aliphatic carbocycles. The lowest BCUT2D eigenvalue weighted by molar-refractivity contribution is -0.141. The molecule has 9 heteroatoms. The van der Waals surface area contributed by atoms with Crippen LogP contribution in [-0.4, -0.2) is 61.9 Å². The van der Waals surface area contributed by atoms with E-state index in [9.17, 15) is 18.0 Å². The summed E-state index contributed by atoms with van der Waals surface area (Å²) in [5, 5.41) is 3.53. The summed E-state index contributed by atoms with van der Waals surface area (Å²) in [5.41, 5.74) is 2.75. The molecule has 2 amide bonds. The third-order valence-corrected chi connectivity index (χ3v) is 7.53. The van der Waals surface area contributed by atoms with Crippen LogP contribution in [0.2, 0.25) is 5.02 Å². The molecule has 0 fully saturated rings. The Morgan fingerprint density at radius 3 is 2.00 bits per heavy atom. The van der Waals surface area contributed by atoms with Crippen molar-refractivity contribution < 1.29 is 18.0 Å². The summed E-state index contributed by atoms with van der Waals surface area (Å²) < 4.78 is 25.0. The molecular formula is C28H32ClN3O4S. The quantitative estimate of drug-likeness (QED) is 0.380. The van der Waals surface area contributed by atoms with Gasteiger partial charge in [0.25, 0.3) is 0 Å². The smallest absolute Gasteiger partial charge is 0.243 e. The minimum Gasteiger partial charge on any atom is -0.354 e. The van der Waals surface area contributed by atoms with Crippen LogP contribution >= 0.6 is 11.6 Å². The van der Waals surface area contributed by atoms with E-state index in [0.29, 0.717) is 18.0 Å². The Kier molecular flexibility index (Phi) is 10.3. The molecule has 1 N–H and O–H groups in total. The largest absolute Gasteiger partial charge is 0.354 e. The van der Waals surface area contributed by atoms with Crippen LogP contribution in [0.4, 0.5) is 0 Å². The standard InChI is InChI=1S/C28H32ClN3O4S/c1-31(37(2,35)36)21-27(33)32(20-24-13-15-25(29)16-14-24)26(19-23-11-7-4-8-12-23)28(34)30-18-17-22-9-5-3-6-10-22/h3-16,26H,17-21H2,1-2H3,(H,30,34)/t26-/m0/s1. The molecule has 0 spiro atoms. The highest BCUT2D eigenvalue weighted by molar-refractivity contribution is 7.88. The summed E-state index contributed by atoms with van der Waals surface area (Å²) in [7, 11) is -2.24. The van der Waals surface area contributed by atoms with Gasteiger partial charge in [0, 0.05) is 31.6 Å². The minimum atomic E-state index is -3.59. The topological polar surface area (TPSA) is 86.8 Å². The molecule has 3 aromatic carbocycles. The molecule has 3 rings (SSSR count). The highest BCUT2D eigenvalue weighted by Crippen LogP contribution is 2.17. The summed E-state index contributed by atoms with van der Waals surface area (Å²) in [6, 6.07) is 25.4. The molecule has 3 aromatic rings. The van der Waals surface area contributed by atoms with Crippen molar-refractivity contribution in [2.45, 2.75) is 25.4 Å². The highest BCUT2D eigenvalue weighted by atomic mass is 35.5. The van der Waals surface area contributed by atoms with Gasteiger partial charge in [0.05, 0.1) is 12.8 Å². The molecule has 1 atom stereocenters. The number of carbonyl (C=O) groups excluding carboxylic acids is 2. The van der Waals surface area contributed by atoms with E-state index in [1.807, 2.05) is 60.7 Å². The lowest BCUT2D eigenvalue weighted by Gasteiger charge is -2.32. The number of hydrogen-bond acceptors (Lipinski definition) is 4. The number of benzene rings is 3. The van der Waals surface area contributed by atoms with Gasteiger partial charge in [0.1, 0.15) is 6.04 Å². The molecule has 0 bridgehead atoms. The zero-order valence-electron chi connectivity index (χ0n) is 21.0. The van der Waals surface area contributed by atoms with E-state index in [1.165, 1.54) is 11.9 Å². The van der Waals surface area contributed by atoms with E-state index in [4.69, 9.17) is 11.6 Å². The summed E-state index contributed by atoms with van der Waals surface area (Å²) in [5.74, 6) is -0.772. The van der Waals surface area contributed by atoms with Crippen molar-refractivity contribution in [3.63, 3.8) is 0 Å². The minimum absolute atomic E-state index is 0.122. The maximum atomic E-state index is 13.6. The van der Waals surface area contributed by atoms with Crippen LogP contribution in [0.15, 0.2) is 84.9 Å². The van der Waals surface area contributed by atoms with E-state index in [-0.39, 0.29) is 25.4 Å². The Morgan fingerprint density at radius 1 is 0.865 bits per heavy atom. The van der Waals surface area contributed by atoms with E-state index < -0.39 is 22.0 Å². The Hall–Kier alpha value is -3.20. The Balaban J connectivity index is 1.89. The van der Waals surface area contributed by atoms with E-state index in [2.05, 4.69) is 5.32 Å². The van der Waals surface area contributed by atoms with Crippen LogP contribution in [0.25, 0.3) is 0 Å². The van der Waals surface area contributed by atoms with Gasteiger partial charge >= 0.3 is 0 Å². The van der Waals surface area contributed by atoms with Crippen LogP contribution < -0.4 is 5.32 Å². The van der Waals surface area contributed by atoms with Crippen molar-refractivity contribution in [1.29, 1.82) is 0 Å². The van der Waals surface area contributed by atoms with Gasteiger partial charge < -0.3 is 10.2 Å². The molecule has 0 saturated heterocycles. The predicted octanol–water partition coefficient (Wildman–Crippen LogP) is 3.53. The number of halogens is 1. The monoisotopic (exact) mass is 541 g/mol. The molecular weight excluding hydrogens is 510 g/mol. The number of nitrogens with one attached hydrogen (secondary N) is 1. The van der Waals surface area contributed by atoms with Crippen LogP contribution in [-0.2, 0) is 39.0 Å². The molecule has 0 aliphatic heterocycles. The predicted molar refractivity (Wildman–Crippen MR) is 147 cm³/mol. The second-order valence-corrected chi connectivity index (χ2v) is 11.4. The third-order valence-electron chi connectivity index (χ3n) is 6.02. The normalized spacial score (nSPS) is 12.2. The fourth-order valence-electron chi connectivity index (χ4n) is 3.83. The fourth-order valence-corrected chi connectivity index (χ4v) is 4.30. The summed E-state index contributed by atoms with van der Waals surface area (Å²) in [6.07, 6.45) is 1.97. The second-order valence-electron chi connectivity index (χ2n) is 8.90. The number of nitrogens with zero attached hydrogens (tertiary/aromatic N) is 2. The van der Waals surface area contributed by atoms with Gasteiger partial charge in [-0.15, -0.1) is 0 Å². The van der Waals surface area contributed by atoms with Gasteiger partial charge in [-0.05, 0) is 35.2 Å². The van der Waals surface area contributed by atoms with Crippen LogP contribution in [0, 0.1) is 0 Å². The molecule has 7 nitrogen and oxygen atoms in total. The van der Waals surface area contributed by atoms with E-state index in [1.54, 1.807) is 24.3 Å². The fraction of sp³-hybridized carbons (Fsp3) is 0.286. The van der Waals surface area contributed by atoms with Gasteiger partial charge in [-0.2, -0.15) is 4.31 Å². The lowest BCUT2D eigenvalue weighted by Crippen LogP contribution is -2.53. The van der Waals surface area contributed by atoms with Crippen molar-refractivity contribution in [2.75, 3.05) is 26.4 Å². The second kappa shape index (κ2) is 13.4. The number of rotatable bonds is 12. The van der Waals surface area contributed by atoms with Gasteiger partial charge in [-0.1, -0.05) is 84.4 Å². The Bertz CT molecular complexity index is 1270. The lowest BCUT2D eigenvalue weighted by atomic mass is 10.0. The average Bonchev–Trinajstić information content (AvgIpc) is 2.87. The van der Waals surface area contributed by atoms with Crippen molar-refractivity contribution in [2.24, 2.45) is 0 Å². The first-order valence-corrected chi connectivity index (χ1v) is 14.2. The first-order chi connectivity index (χ1) is 17.6. The number of likely N-dealkylation sites (N-methyl/N-ethyl adjacent to an activating group) is 1. The first-order valence-electron chi connectivity index (χ1n) is 11.9. The average molecular weight is 542 g/mol. The van der Waals surface area contributed by atoms with Crippen LogP contribution in [0.5, 0.6) is 0 Å².